The van der Waals surface area contributed by atoms with E-state index >= 15 is 0 Å². The predicted molar refractivity (Wildman–Crippen MR) is 92.1 cm³/mol. The van der Waals surface area contributed by atoms with E-state index in [1.807, 2.05) is 18.2 Å². The van der Waals surface area contributed by atoms with E-state index in [-0.39, 0.29) is 18.0 Å². The van der Waals surface area contributed by atoms with Gasteiger partial charge in [-0.3, -0.25) is 10.1 Å². The molecular weight excluding hydrogens is 304 g/mol. The van der Waals surface area contributed by atoms with Crippen LogP contribution in [0.3, 0.4) is 0 Å². The summed E-state index contributed by atoms with van der Waals surface area (Å²) < 4.78 is 0. The average Bonchev–Trinajstić information content (AvgIpc) is 2.74. The molecule has 0 bridgehead atoms. The summed E-state index contributed by atoms with van der Waals surface area (Å²) in [7, 11) is 0. The lowest BCUT2D eigenvalue weighted by Crippen LogP contribution is -2.34. The summed E-state index contributed by atoms with van der Waals surface area (Å²) in [5.74, 6) is 0.424. The number of hydrogen-bond acceptors (Lipinski definition) is 3. The molecule has 1 aliphatic carbocycles. The summed E-state index contributed by atoms with van der Waals surface area (Å²) in [6.07, 6.45) is 9.60. The lowest BCUT2D eigenvalue weighted by Gasteiger charge is -2.18. The van der Waals surface area contributed by atoms with Crippen LogP contribution in [0.2, 0.25) is 0 Å². The maximum atomic E-state index is 12.3. The zero-order valence-corrected chi connectivity index (χ0v) is 13.5. The molecule has 0 saturated heterocycles. The SMILES string of the molecule is CCCC1NC(=O)C2=C1C(NC(=O)Nc1ccccn1)=CC=CC2. The highest BCUT2D eigenvalue weighted by Crippen LogP contribution is 2.30. The number of rotatable bonds is 4. The maximum Gasteiger partial charge on any atom is 0.324 e. The molecule has 3 amide bonds. The first kappa shape index (κ1) is 16.0. The van der Waals surface area contributed by atoms with Crippen molar-refractivity contribution in [2.75, 3.05) is 5.32 Å². The lowest BCUT2D eigenvalue weighted by molar-refractivity contribution is -0.117. The van der Waals surface area contributed by atoms with Crippen LogP contribution in [-0.4, -0.2) is 23.0 Å². The highest BCUT2D eigenvalue weighted by molar-refractivity contribution is 6.00. The van der Waals surface area contributed by atoms with Gasteiger partial charge in [-0.05, 0) is 31.1 Å². The Balaban J connectivity index is 1.80. The average molecular weight is 324 g/mol. The third-order valence-electron chi connectivity index (χ3n) is 4.00. The van der Waals surface area contributed by atoms with Gasteiger partial charge in [0.1, 0.15) is 5.82 Å². The Morgan fingerprint density at radius 2 is 2.25 bits per heavy atom. The topological polar surface area (TPSA) is 83.1 Å². The molecule has 0 radical (unpaired) electrons. The zero-order chi connectivity index (χ0) is 16.9. The van der Waals surface area contributed by atoms with Crippen LogP contribution in [0.15, 0.2) is 59.5 Å². The van der Waals surface area contributed by atoms with Gasteiger partial charge in [-0.25, -0.2) is 9.78 Å². The van der Waals surface area contributed by atoms with Gasteiger partial charge in [-0.1, -0.05) is 31.6 Å². The zero-order valence-electron chi connectivity index (χ0n) is 13.5. The summed E-state index contributed by atoms with van der Waals surface area (Å²) in [5.41, 5.74) is 2.28. The number of hydrogen-bond donors (Lipinski definition) is 3. The fourth-order valence-electron chi connectivity index (χ4n) is 2.96. The Morgan fingerprint density at radius 3 is 3.00 bits per heavy atom. The minimum Gasteiger partial charge on any atom is -0.345 e. The molecular formula is C18H20N4O2. The second kappa shape index (κ2) is 7.12. The summed E-state index contributed by atoms with van der Waals surface area (Å²) >= 11 is 0. The van der Waals surface area contributed by atoms with Gasteiger partial charge in [0, 0.05) is 23.0 Å². The monoisotopic (exact) mass is 324 g/mol. The van der Waals surface area contributed by atoms with E-state index in [2.05, 4.69) is 27.9 Å². The van der Waals surface area contributed by atoms with E-state index in [0.29, 0.717) is 17.9 Å². The lowest BCUT2D eigenvalue weighted by atomic mass is 9.97. The van der Waals surface area contributed by atoms with Crippen molar-refractivity contribution in [3.63, 3.8) is 0 Å². The number of nitrogens with one attached hydrogen (secondary N) is 3. The van der Waals surface area contributed by atoms with Gasteiger partial charge in [0.05, 0.1) is 6.04 Å². The first-order chi connectivity index (χ1) is 11.7. The molecule has 1 aromatic rings. The molecule has 0 aromatic carbocycles. The molecule has 1 aromatic heterocycles. The fourth-order valence-corrected chi connectivity index (χ4v) is 2.96. The van der Waals surface area contributed by atoms with E-state index in [4.69, 9.17) is 0 Å². The number of anilines is 1. The number of aromatic nitrogens is 1. The van der Waals surface area contributed by atoms with Crippen molar-refractivity contribution >= 4 is 17.8 Å². The first-order valence-corrected chi connectivity index (χ1v) is 8.09. The van der Waals surface area contributed by atoms with Crippen molar-refractivity contribution in [1.82, 2.24) is 15.6 Å². The van der Waals surface area contributed by atoms with Crippen molar-refractivity contribution in [1.29, 1.82) is 0 Å². The van der Waals surface area contributed by atoms with Gasteiger partial charge in [-0.15, -0.1) is 0 Å². The fraction of sp³-hybridized carbons (Fsp3) is 0.278. The maximum absolute atomic E-state index is 12.3. The largest absolute Gasteiger partial charge is 0.345 e. The highest BCUT2D eigenvalue weighted by Gasteiger charge is 2.33. The number of pyridine rings is 1. The van der Waals surface area contributed by atoms with Gasteiger partial charge in [-0.2, -0.15) is 0 Å². The Kier molecular flexibility index (Phi) is 4.74. The normalized spacial score (nSPS) is 19.3. The van der Waals surface area contributed by atoms with Crippen molar-refractivity contribution in [2.45, 2.75) is 32.2 Å². The number of amides is 3. The quantitative estimate of drug-likeness (QED) is 0.796. The molecule has 0 spiro atoms. The Hall–Kier alpha value is -2.89. The minimum atomic E-state index is -0.378. The molecule has 24 heavy (non-hydrogen) atoms. The summed E-state index contributed by atoms with van der Waals surface area (Å²) in [6, 6.07) is 4.86. The molecule has 1 atom stereocenters. The second-order valence-corrected chi connectivity index (χ2v) is 5.71. The molecule has 3 N–H and O–H groups in total. The van der Waals surface area contributed by atoms with E-state index in [1.54, 1.807) is 24.4 Å². The van der Waals surface area contributed by atoms with Crippen LogP contribution in [-0.2, 0) is 4.79 Å². The molecule has 2 heterocycles. The Labute approximate surface area is 140 Å². The molecule has 1 aliphatic heterocycles. The Morgan fingerprint density at radius 1 is 1.38 bits per heavy atom. The molecule has 1 unspecified atom stereocenters. The molecule has 0 saturated carbocycles. The summed E-state index contributed by atoms with van der Waals surface area (Å²) in [5, 5.41) is 8.56. The van der Waals surface area contributed by atoms with Gasteiger partial charge in [0.25, 0.3) is 0 Å². The minimum absolute atomic E-state index is 0.0483. The first-order valence-electron chi connectivity index (χ1n) is 8.09. The molecule has 0 fully saturated rings. The van der Waals surface area contributed by atoms with Crippen molar-refractivity contribution in [2.24, 2.45) is 0 Å². The van der Waals surface area contributed by atoms with Crippen molar-refractivity contribution < 1.29 is 9.59 Å². The number of nitrogens with zero attached hydrogens (tertiary/aromatic N) is 1. The molecule has 6 nitrogen and oxygen atoms in total. The summed E-state index contributed by atoms with van der Waals surface area (Å²) in [4.78, 5) is 28.5. The number of carbonyl (C=O) groups is 2. The smallest absolute Gasteiger partial charge is 0.324 e. The summed E-state index contributed by atoms with van der Waals surface area (Å²) in [6.45, 7) is 2.07. The number of allylic oxidation sites excluding steroid dienone is 3. The van der Waals surface area contributed by atoms with Gasteiger partial charge in [0.2, 0.25) is 5.91 Å². The highest BCUT2D eigenvalue weighted by atomic mass is 16.2. The van der Waals surface area contributed by atoms with Gasteiger partial charge in [0.15, 0.2) is 0 Å². The van der Waals surface area contributed by atoms with Crippen molar-refractivity contribution in [3.8, 4) is 0 Å². The molecule has 6 heteroatoms. The third-order valence-corrected chi connectivity index (χ3v) is 4.00. The number of urea groups is 1. The van der Waals surface area contributed by atoms with Crippen molar-refractivity contribution in [3.05, 3.63) is 59.5 Å². The van der Waals surface area contributed by atoms with Crippen LogP contribution in [0, 0.1) is 0 Å². The van der Waals surface area contributed by atoms with E-state index in [0.717, 1.165) is 24.0 Å². The van der Waals surface area contributed by atoms with Crippen LogP contribution >= 0.6 is 0 Å². The van der Waals surface area contributed by atoms with Crippen LogP contribution < -0.4 is 16.0 Å². The Bertz CT molecular complexity index is 735. The van der Waals surface area contributed by atoms with E-state index < -0.39 is 0 Å². The molecule has 2 aliphatic rings. The standard InChI is InChI=1S/C18H20N4O2/c1-2-7-13-16-12(17(23)20-13)8-3-4-9-14(16)21-18(24)22-15-10-5-6-11-19-15/h3-6,9-11,13H,2,7-8H2,1H3,(H,20,23)(H2,19,21,22,24). The van der Waals surface area contributed by atoms with Gasteiger partial charge >= 0.3 is 6.03 Å². The van der Waals surface area contributed by atoms with Crippen LogP contribution in [0.5, 0.6) is 0 Å². The van der Waals surface area contributed by atoms with Gasteiger partial charge < -0.3 is 10.6 Å². The van der Waals surface area contributed by atoms with Crippen LogP contribution in [0.4, 0.5) is 10.6 Å². The number of carbonyl (C=O) groups excluding carboxylic acids is 2. The van der Waals surface area contributed by atoms with E-state index in [1.165, 1.54) is 0 Å². The van der Waals surface area contributed by atoms with E-state index in [9.17, 15) is 9.59 Å². The second-order valence-electron chi connectivity index (χ2n) is 5.71. The van der Waals surface area contributed by atoms with Crippen LogP contribution in [0.25, 0.3) is 0 Å². The molecule has 124 valence electrons. The third kappa shape index (κ3) is 3.37. The predicted octanol–water partition coefficient (Wildman–Crippen LogP) is 2.64. The molecule has 3 rings (SSSR count). The van der Waals surface area contributed by atoms with Crippen LogP contribution in [0.1, 0.15) is 26.2 Å².